The molecule has 1 aromatic heterocycles. The first-order chi connectivity index (χ1) is 8.72. The second-order valence-electron chi connectivity index (χ2n) is 4.66. The number of phenolic OH excluding ortho intramolecular Hbond substituents is 1. The van der Waals surface area contributed by atoms with Crippen LogP contribution in [0.3, 0.4) is 0 Å². The Kier molecular flexibility index (Phi) is 3.01. The standard InChI is InChI=1S/C13H15N3OS/c1-8-2-3-9(6-11(8)17)13-16-15-12(18-13)7-14-10-4-5-10/h2-3,6,10,14,17H,4-5,7H2,1H3. The number of rotatable bonds is 4. The molecule has 1 aromatic carbocycles. The number of benzene rings is 1. The van der Waals surface area contributed by atoms with Gasteiger partial charge in [-0.25, -0.2) is 0 Å². The highest BCUT2D eigenvalue weighted by Gasteiger charge is 2.20. The summed E-state index contributed by atoms with van der Waals surface area (Å²) in [6.45, 7) is 2.67. The quantitative estimate of drug-likeness (QED) is 0.887. The van der Waals surface area contributed by atoms with Gasteiger partial charge in [0.05, 0.1) is 0 Å². The molecule has 2 aromatic rings. The lowest BCUT2D eigenvalue weighted by Crippen LogP contribution is -2.14. The molecule has 0 aliphatic heterocycles. The maximum atomic E-state index is 9.70. The summed E-state index contributed by atoms with van der Waals surface area (Å²) < 4.78 is 0. The maximum Gasteiger partial charge on any atom is 0.147 e. The minimum Gasteiger partial charge on any atom is -0.508 e. The van der Waals surface area contributed by atoms with Crippen LogP contribution in [0.2, 0.25) is 0 Å². The summed E-state index contributed by atoms with van der Waals surface area (Å²) in [5.41, 5.74) is 1.80. The number of aryl methyl sites for hydroxylation is 1. The molecule has 4 nitrogen and oxygen atoms in total. The summed E-state index contributed by atoms with van der Waals surface area (Å²) in [4.78, 5) is 0. The Hall–Kier alpha value is -1.46. The van der Waals surface area contributed by atoms with Crippen molar-refractivity contribution in [2.45, 2.75) is 32.4 Å². The van der Waals surface area contributed by atoms with Crippen LogP contribution >= 0.6 is 11.3 Å². The highest BCUT2D eigenvalue weighted by molar-refractivity contribution is 7.14. The van der Waals surface area contributed by atoms with Gasteiger partial charge >= 0.3 is 0 Å². The predicted octanol–water partition coefficient (Wildman–Crippen LogP) is 2.47. The first-order valence-electron chi connectivity index (χ1n) is 6.08. The van der Waals surface area contributed by atoms with Gasteiger partial charge in [0, 0.05) is 18.2 Å². The molecule has 1 saturated carbocycles. The molecule has 18 heavy (non-hydrogen) atoms. The van der Waals surface area contributed by atoms with Gasteiger partial charge in [-0.05, 0) is 31.4 Å². The van der Waals surface area contributed by atoms with Crippen molar-refractivity contribution in [1.82, 2.24) is 15.5 Å². The molecule has 3 rings (SSSR count). The summed E-state index contributed by atoms with van der Waals surface area (Å²) in [5, 5.41) is 23.3. The lowest BCUT2D eigenvalue weighted by molar-refractivity contribution is 0.471. The van der Waals surface area contributed by atoms with E-state index < -0.39 is 0 Å². The minimum atomic E-state index is 0.306. The highest BCUT2D eigenvalue weighted by Crippen LogP contribution is 2.28. The largest absolute Gasteiger partial charge is 0.508 e. The van der Waals surface area contributed by atoms with E-state index >= 15 is 0 Å². The van der Waals surface area contributed by atoms with Crippen molar-refractivity contribution in [2.75, 3.05) is 0 Å². The Labute approximate surface area is 110 Å². The van der Waals surface area contributed by atoms with Crippen LogP contribution in [0.4, 0.5) is 0 Å². The molecule has 0 saturated heterocycles. The van der Waals surface area contributed by atoms with Crippen LogP contribution < -0.4 is 5.32 Å². The van der Waals surface area contributed by atoms with Gasteiger partial charge in [-0.2, -0.15) is 0 Å². The molecule has 0 radical (unpaired) electrons. The van der Waals surface area contributed by atoms with E-state index in [9.17, 15) is 5.11 Å². The van der Waals surface area contributed by atoms with Gasteiger partial charge < -0.3 is 10.4 Å². The molecule has 2 N–H and O–H groups in total. The van der Waals surface area contributed by atoms with Gasteiger partial charge in [-0.3, -0.25) is 0 Å². The number of aromatic nitrogens is 2. The fourth-order valence-corrected chi connectivity index (χ4v) is 2.49. The smallest absolute Gasteiger partial charge is 0.147 e. The minimum absolute atomic E-state index is 0.306. The molecule has 0 bridgehead atoms. The zero-order chi connectivity index (χ0) is 12.5. The third-order valence-electron chi connectivity index (χ3n) is 3.04. The molecule has 0 spiro atoms. The van der Waals surface area contributed by atoms with E-state index in [2.05, 4.69) is 15.5 Å². The lowest BCUT2D eigenvalue weighted by Gasteiger charge is -2.00. The predicted molar refractivity (Wildman–Crippen MR) is 71.6 cm³/mol. The SMILES string of the molecule is Cc1ccc(-c2nnc(CNC3CC3)s2)cc1O. The monoisotopic (exact) mass is 261 g/mol. The number of aromatic hydroxyl groups is 1. The van der Waals surface area contributed by atoms with E-state index in [1.165, 1.54) is 12.8 Å². The number of nitrogens with one attached hydrogen (secondary N) is 1. The number of hydrogen-bond donors (Lipinski definition) is 2. The van der Waals surface area contributed by atoms with E-state index in [4.69, 9.17) is 0 Å². The summed E-state index contributed by atoms with van der Waals surface area (Å²) in [6.07, 6.45) is 2.55. The molecular weight excluding hydrogens is 246 g/mol. The summed E-state index contributed by atoms with van der Waals surface area (Å²) in [5.74, 6) is 0.306. The Morgan fingerprint density at radius 1 is 1.39 bits per heavy atom. The van der Waals surface area contributed by atoms with Crippen molar-refractivity contribution >= 4 is 11.3 Å². The zero-order valence-electron chi connectivity index (χ0n) is 10.2. The number of phenols is 1. The summed E-state index contributed by atoms with van der Waals surface area (Å²) in [6, 6.07) is 6.29. The summed E-state index contributed by atoms with van der Waals surface area (Å²) in [7, 11) is 0. The van der Waals surface area contributed by atoms with Crippen molar-refractivity contribution in [2.24, 2.45) is 0 Å². The van der Waals surface area contributed by atoms with Crippen molar-refractivity contribution in [3.8, 4) is 16.3 Å². The molecule has 1 heterocycles. The molecule has 1 fully saturated rings. The highest BCUT2D eigenvalue weighted by atomic mass is 32.1. The van der Waals surface area contributed by atoms with Crippen LogP contribution in [0.25, 0.3) is 10.6 Å². The van der Waals surface area contributed by atoms with Crippen molar-refractivity contribution in [3.63, 3.8) is 0 Å². The van der Waals surface area contributed by atoms with Crippen molar-refractivity contribution < 1.29 is 5.11 Å². The van der Waals surface area contributed by atoms with Gasteiger partial charge in [-0.1, -0.05) is 23.5 Å². The molecule has 94 valence electrons. The van der Waals surface area contributed by atoms with Crippen LogP contribution in [0.15, 0.2) is 18.2 Å². The molecule has 5 heteroatoms. The van der Waals surface area contributed by atoms with Crippen LogP contribution in [0.1, 0.15) is 23.4 Å². The molecule has 0 unspecified atom stereocenters. The van der Waals surface area contributed by atoms with Crippen molar-refractivity contribution in [1.29, 1.82) is 0 Å². The van der Waals surface area contributed by atoms with Crippen LogP contribution in [-0.2, 0) is 6.54 Å². The van der Waals surface area contributed by atoms with Crippen LogP contribution in [-0.4, -0.2) is 21.3 Å². The Bertz CT molecular complexity index is 563. The second-order valence-corrected chi connectivity index (χ2v) is 5.72. The average Bonchev–Trinajstić information content (AvgIpc) is 3.08. The van der Waals surface area contributed by atoms with Gasteiger partial charge in [0.15, 0.2) is 0 Å². The third kappa shape index (κ3) is 2.52. The van der Waals surface area contributed by atoms with Crippen LogP contribution in [0, 0.1) is 6.92 Å². The van der Waals surface area contributed by atoms with E-state index in [1.54, 1.807) is 17.4 Å². The number of hydrogen-bond acceptors (Lipinski definition) is 5. The van der Waals surface area contributed by atoms with E-state index in [0.717, 1.165) is 27.7 Å². The third-order valence-corrected chi connectivity index (χ3v) is 4.01. The molecule has 1 aliphatic rings. The zero-order valence-corrected chi connectivity index (χ0v) is 11.0. The topological polar surface area (TPSA) is 58.0 Å². The van der Waals surface area contributed by atoms with E-state index in [0.29, 0.717) is 11.8 Å². The van der Waals surface area contributed by atoms with Gasteiger partial charge in [0.1, 0.15) is 15.8 Å². The van der Waals surface area contributed by atoms with E-state index in [1.807, 2.05) is 19.1 Å². The van der Waals surface area contributed by atoms with Gasteiger partial charge in [-0.15, -0.1) is 10.2 Å². The van der Waals surface area contributed by atoms with Gasteiger partial charge in [0.25, 0.3) is 0 Å². The maximum absolute atomic E-state index is 9.70. The lowest BCUT2D eigenvalue weighted by atomic mass is 10.1. The first-order valence-corrected chi connectivity index (χ1v) is 6.90. The Balaban J connectivity index is 1.76. The Morgan fingerprint density at radius 2 is 2.22 bits per heavy atom. The number of nitrogens with zero attached hydrogens (tertiary/aromatic N) is 2. The Morgan fingerprint density at radius 3 is 2.94 bits per heavy atom. The van der Waals surface area contributed by atoms with Gasteiger partial charge in [0.2, 0.25) is 0 Å². The summed E-state index contributed by atoms with van der Waals surface area (Å²) >= 11 is 1.57. The molecule has 0 atom stereocenters. The fourth-order valence-electron chi connectivity index (χ4n) is 1.70. The van der Waals surface area contributed by atoms with Crippen molar-refractivity contribution in [3.05, 3.63) is 28.8 Å². The van der Waals surface area contributed by atoms with E-state index in [-0.39, 0.29) is 0 Å². The molecule has 0 amide bonds. The molecule has 1 aliphatic carbocycles. The fraction of sp³-hybridized carbons (Fsp3) is 0.385. The second kappa shape index (κ2) is 4.66. The first kappa shape index (κ1) is 11.6. The molecular formula is C13H15N3OS. The normalized spacial score (nSPS) is 14.9. The average molecular weight is 261 g/mol. The van der Waals surface area contributed by atoms with Crippen LogP contribution in [0.5, 0.6) is 5.75 Å².